The summed E-state index contributed by atoms with van der Waals surface area (Å²) in [6.07, 6.45) is 8.05. The van der Waals surface area contributed by atoms with Gasteiger partial charge in [-0.3, -0.25) is 14.8 Å². The Bertz CT molecular complexity index is 1350. The van der Waals surface area contributed by atoms with Crippen LogP contribution in [0.1, 0.15) is 30.4 Å². The van der Waals surface area contributed by atoms with Crippen LogP contribution >= 0.6 is 0 Å². The first-order valence-corrected chi connectivity index (χ1v) is 12.9. The Kier molecular flexibility index (Phi) is 6.01. The molecular formula is C29H33N5O2. The van der Waals surface area contributed by atoms with E-state index in [0.717, 1.165) is 67.8 Å². The lowest BCUT2D eigenvalue weighted by Crippen LogP contribution is -2.37. The number of para-hydroxylation sites is 1. The number of ether oxygens (including phenoxy) is 1. The van der Waals surface area contributed by atoms with Crippen molar-refractivity contribution in [1.82, 2.24) is 25.4 Å². The Labute approximate surface area is 211 Å². The van der Waals surface area contributed by atoms with Crippen LogP contribution in [0.15, 0.2) is 60.9 Å². The monoisotopic (exact) mass is 483 g/mol. The minimum Gasteiger partial charge on any atom is -0.497 e. The van der Waals surface area contributed by atoms with E-state index in [2.05, 4.69) is 61.9 Å². The van der Waals surface area contributed by atoms with E-state index >= 15 is 0 Å². The van der Waals surface area contributed by atoms with Crippen molar-refractivity contribution in [3.8, 4) is 17.0 Å². The maximum Gasteiger partial charge on any atom is 0.223 e. The van der Waals surface area contributed by atoms with Crippen LogP contribution in [0.4, 0.5) is 0 Å². The molecule has 7 heteroatoms. The maximum atomic E-state index is 12.9. The summed E-state index contributed by atoms with van der Waals surface area (Å²) in [4.78, 5) is 18.7. The molecule has 2 fully saturated rings. The molecule has 1 saturated heterocycles. The van der Waals surface area contributed by atoms with Gasteiger partial charge in [0.05, 0.1) is 19.0 Å². The van der Waals surface area contributed by atoms with Gasteiger partial charge in [-0.05, 0) is 80.1 Å². The normalized spacial score (nSPS) is 19.0. The molecule has 7 nitrogen and oxygen atoms in total. The molecule has 1 aliphatic carbocycles. The van der Waals surface area contributed by atoms with Crippen LogP contribution in [0, 0.1) is 11.3 Å². The second kappa shape index (κ2) is 9.47. The van der Waals surface area contributed by atoms with Crippen LogP contribution in [0.25, 0.3) is 22.2 Å². The number of hydrogen-bond donors (Lipinski definition) is 3. The van der Waals surface area contributed by atoms with E-state index in [9.17, 15) is 4.79 Å². The highest BCUT2D eigenvalue weighted by Crippen LogP contribution is 2.59. The van der Waals surface area contributed by atoms with Crippen LogP contribution in [-0.4, -0.2) is 52.7 Å². The van der Waals surface area contributed by atoms with E-state index < -0.39 is 0 Å². The number of piperidine rings is 1. The predicted octanol–water partition coefficient (Wildman–Crippen LogP) is 4.53. The SMILES string of the molecule is COc1ccc(-c2[nH]ncc2CN2CCC3(CC2)CC3C(=O)NCCc2c[nH]c3ccccc23)cc1. The zero-order valence-electron chi connectivity index (χ0n) is 20.7. The van der Waals surface area contributed by atoms with Gasteiger partial charge in [-0.25, -0.2) is 0 Å². The van der Waals surface area contributed by atoms with Crippen molar-refractivity contribution in [3.63, 3.8) is 0 Å². The van der Waals surface area contributed by atoms with Gasteiger partial charge in [0.25, 0.3) is 0 Å². The number of nitrogens with one attached hydrogen (secondary N) is 3. The summed E-state index contributed by atoms with van der Waals surface area (Å²) in [6.45, 7) is 3.60. The van der Waals surface area contributed by atoms with E-state index in [-0.39, 0.29) is 17.2 Å². The molecule has 4 aromatic rings. The standard InChI is InChI=1S/C29H33N5O2/c1-36-23-8-6-20(7-9-23)27-22(18-32-33-27)19-34-14-11-29(12-15-34)16-25(29)28(35)30-13-10-21-17-31-26-5-3-2-4-24(21)26/h2-9,17-18,25,31H,10-16,19H2,1H3,(H,30,35)(H,32,33). The summed E-state index contributed by atoms with van der Waals surface area (Å²) in [5.41, 5.74) is 6.01. The third-order valence-electron chi connectivity index (χ3n) is 8.22. The van der Waals surface area contributed by atoms with Crippen LogP contribution in [0.5, 0.6) is 5.75 Å². The Morgan fingerprint density at radius 1 is 1.14 bits per heavy atom. The Balaban J connectivity index is 0.990. The van der Waals surface area contributed by atoms with Gasteiger partial charge in [0, 0.05) is 47.2 Å². The molecule has 1 amide bonds. The van der Waals surface area contributed by atoms with Crippen molar-refractivity contribution in [2.24, 2.45) is 11.3 Å². The molecule has 1 atom stereocenters. The fourth-order valence-corrected chi connectivity index (χ4v) is 5.89. The third-order valence-corrected chi connectivity index (χ3v) is 8.22. The van der Waals surface area contributed by atoms with Gasteiger partial charge in [-0.1, -0.05) is 18.2 Å². The van der Waals surface area contributed by atoms with Crippen molar-refractivity contribution in [2.45, 2.75) is 32.2 Å². The van der Waals surface area contributed by atoms with E-state index in [1.54, 1.807) is 7.11 Å². The van der Waals surface area contributed by atoms with Gasteiger partial charge in [-0.15, -0.1) is 0 Å². The van der Waals surface area contributed by atoms with E-state index in [4.69, 9.17) is 4.74 Å². The van der Waals surface area contributed by atoms with Crippen molar-refractivity contribution in [2.75, 3.05) is 26.7 Å². The summed E-state index contributed by atoms with van der Waals surface area (Å²) < 4.78 is 5.28. The number of aromatic nitrogens is 3. The molecule has 186 valence electrons. The molecular weight excluding hydrogens is 450 g/mol. The second-order valence-electron chi connectivity index (χ2n) is 10.3. The summed E-state index contributed by atoms with van der Waals surface area (Å²) >= 11 is 0. The van der Waals surface area contributed by atoms with Crippen LogP contribution in [0.2, 0.25) is 0 Å². The number of H-pyrrole nitrogens is 2. The minimum atomic E-state index is 0.173. The Morgan fingerprint density at radius 3 is 2.75 bits per heavy atom. The minimum absolute atomic E-state index is 0.173. The number of fused-ring (bicyclic) bond motifs is 1. The van der Waals surface area contributed by atoms with E-state index in [1.807, 2.05) is 24.4 Å². The number of hydrogen-bond acceptors (Lipinski definition) is 4. The first-order chi connectivity index (χ1) is 17.6. The smallest absolute Gasteiger partial charge is 0.223 e. The number of methoxy groups -OCH3 is 1. The van der Waals surface area contributed by atoms with Crippen LogP contribution in [-0.2, 0) is 17.8 Å². The molecule has 6 rings (SSSR count). The van der Waals surface area contributed by atoms with Crippen LogP contribution < -0.4 is 10.1 Å². The molecule has 0 bridgehead atoms. The summed E-state index contributed by atoms with van der Waals surface area (Å²) in [6, 6.07) is 16.4. The lowest BCUT2D eigenvalue weighted by molar-refractivity contribution is -0.123. The van der Waals surface area contributed by atoms with E-state index in [1.165, 1.54) is 16.5 Å². The number of carbonyl (C=O) groups excluding carboxylic acids is 1. The number of nitrogens with zero attached hydrogens (tertiary/aromatic N) is 2. The topological polar surface area (TPSA) is 86.0 Å². The quantitative estimate of drug-likeness (QED) is 0.344. The highest BCUT2D eigenvalue weighted by molar-refractivity contribution is 5.84. The maximum absolute atomic E-state index is 12.9. The number of aromatic amines is 2. The Hall–Kier alpha value is -3.58. The highest BCUT2D eigenvalue weighted by Gasteiger charge is 2.58. The summed E-state index contributed by atoms with van der Waals surface area (Å²) in [5.74, 6) is 1.26. The predicted molar refractivity (Wildman–Crippen MR) is 141 cm³/mol. The lowest BCUT2D eigenvalue weighted by atomic mass is 9.90. The highest BCUT2D eigenvalue weighted by atomic mass is 16.5. The number of carbonyl (C=O) groups is 1. The lowest BCUT2D eigenvalue weighted by Gasteiger charge is -2.32. The molecule has 36 heavy (non-hydrogen) atoms. The number of rotatable bonds is 8. The van der Waals surface area contributed by atoms with Gasteiger partial charge < -0.3 is 15.0 Å². The molecule has 2 aliphatic rings. The molecule has 1 spiro atoms. The second-order valence-corrected chi connectivity index (χ2v) is 10.3. The largest absolute Gasteiger partial charge is 0.497 e. The average molecular weight is 484 g/mol. The van der Waals surface area contributed by atoms with Crippen molar-refractivity contribution < 1.29 is 9.53 Å². The average Bonchev–Trinajstić information content (AvgIpc) is 3.22. The van der Waals surface area contributed by atoms with E-state index in [0.29, 0.717) is 6.54 Å². The zero-order chi connectivity index (χ0) is 24.5. The first kappa shape index (κ1) is 22.9. The molecule has 0 radical (unpaired) electrons. The van der Waals surface area contributed by atoms with Crippen molar-refractivity contribution in [3.05, 3.63) is 72.1 Å². The fourth-order valence-electron chi connectivity index (χ4n) is 5.89. The van der Waals surface area contributed by atoms with Gasteiger partial charge >= 0.3 is 0 Å². The van der Waals surface area contributed by atoms with Gasteiger partial charge in [-0.2, -0.15) is 5.10 Å². The molecule has 3 N–H and O–H groups in total. The number of amides is 1. The summed E-state index contributed by atoms with van der Waals surface area (Å²) in [7, 11) is 1.68. The Morgan fingerprint density at radius 2 is 1.94 bits per heavy atom. The molecule has 3 heterocycles. The molecule has 1 unspecified atom stereocenters. The number of benzene rings is 2. The fraction of sp³-hybridized carbons (Fsp3) is 0.379. The molecule has 1 aliphatic heterocycles. The third kappa shape index (κ3) is 4.39. The number of likely N-dealkylation sites (tertiary alicyclic amines) is 1. The summed E-state index contributed by atoms with van der Waals surface area (Å²) in [5, 5.41) is 11.9. The van der Waals surface area contributed by atoms with Gasteiger partial charge in [0.15, 0.2) is 0 Å². The molecule has 2 aromatic carbocycles. The van der Waals surface area contributed by atoms with Crippen molar-refractivity contribution >= 4 is 16.8 Å². The molecule has 2 aromatic heterocycles. The first-order valence-electron chi connectivity index (χ1n) is 12.9. The molecule has 1 saturated carbocycles. The zero-order valence-corrected chi connectivity index (χ0v) is 20.7. The van der Waals surface area contributed by atoms with Crippen LogP contribution in [0.3, 0.4) is 0 Å². The van der Waals surface area contributed by atoms with Crippen molar-refractivity contribution in [1.29, 1.82) is 0 Å². The van der Waals surface area contributed by atoms with Gasteiger partial charge in [0.2, 0.25) is 5.91 Å². The van der Waals surface area contributed by atoms with Gasteiger partial charge in [0.1, 0.15) is 5.75 Å².